The first-order valence-electron chi connectivity index (χ1n) is 15.8. The van der Waals surface area contributed by atoms with E-state index in [2.05, 4.69) is 45.0 Å². The zero-order valence-electron chi connectivity index (χ0n) is 23.6. The molecule has 3 saturated carbocycles. The Morgan fingerprint density at radius 1 is 0.889 bits per heavy atom. The van der Waals surface area contributed by atoms with Gasteiger partial charge in [0.05, 0.1) is 5.92 Å². The molecule has 0 heterocycles. The summed E-state index contributed by atoms with van der Waals surface area (Å²) >= 11 is 0. The highest BCUT2D eigenvalue weighted by molar-refractivity contribution is 5.70. The van der Waals surface area contributed by atoms with Crippen LogP contribution in [0, 0.1) is 29.6 Å². The van der Waals surface area contributed by atoms with Crippen molar-refractivity contribution in [1.82, 2.24) is 0 Å². The molecule has 0 aromatic heterocycles. The summed E-state index contributed by atoms with van der Waals surface area (Å²) in [7, 11) is 0. The third kappa shape index (κ3) is 6.39. The summed E-state index contributed by atoms with van der Waals surface area (Å²) in [5.41, 5.74) is 3.33. The second-order valence-electron chi connectivity index (χ2n) is 13.1. The molecule has 0 bridgehead atoms. The molecule has 0 amide bonds. The van der Waals surface area contributed by atoms with Crippen LogP contribution in [0.1, 0.15) is 147 Å². The van der Waals surface area contributed by atoms with Crippen LogP contribution in [-0.2, 0) is 10.2 Å². The molecule has 0 radical (unpaired) electrons. The lowest BCUT2D eigenvalue weighted by atomic mass is 9.61. The van der Waals surface area contributed by atoms with Crippen molar-refractivity contribution in [2.75, 3.05) is 0 Å². The van der Waals surface area contributed by atoms with E-state index in [0.29, 0.717) is 5.92 Å². The Balaban J connectivity index is 1.38. The van der Waals surface area contributed by atoms with Crippen molar-refractivity contribution in [3.05, 3.63) is 35.4 Å². The monoisotopic (exact) mass is 494 g/mol. The first kappa shape index (κ1) is 27.7. The van der Waals surface area contributed by atoms with Crippen LogP contribution >= 0.6 is 0 Å². The molecule has 3 fully saturated rings. The van der Waals surface area contributed by atoms with Gasteiger partial charge in [0, 0.05) is 0 Å². The Hall–Kier alpha value is -1.31. The Morgan fingerprint density at radius 3 is 2.08 bits per heavy atom. The number of aliphatic carboxylic acids is 1. The van der Waals surface area contributed by atoms with Gasteiger partial charge in [0.2, 0.25) is 0 Å². The zero-order chi connectivity index (χ0) is 25.5. The molecule has 1 aromatic rings. The number of benzene rings is 1. The van der Waals surface area contributed by atoms with Crippen LogP contribution in [-0.4, -0.2) is 11.1 Å². The highest BCUT2D eigenvalue weighted by Crippen LogP contribution is 2.50. The van der Waals surface area contributed by atoms with Gasteiger partial charge in [-0.05, 0) is 117 Å². The van der Waals surface area contributed by atoms with E-state index >= 15 is 0 Å². The molecule has 3 aliphatic carbocycles. The molecule has 0 aliphatic heterocycles. The van der Waals surface area contributed by atoms with E-state index in [9.17, 15) is 9.90 Å². The van der Waals surface area contributed by atoms with Gasteiger partial charge in [-0.15, -0.1) is 0 Å². The third-order valence-electron chi connectivity index (χ3n) is 11.1. The molecule has 2 nitrogen and oxygen atoms in total. The van der Waals surface area contributed by atoms with Crippen LogP contribution in [0.2, 0.25) is 0 Å². The minimum Gasteiger partial charge on any atom is -0.481 e. The van der Waals surface area contributed by atoms with Crippen molar-refractivity contribution in [2.45, 2.75) is 141 Å². The van der Waals surface area contributed by atoms with Gasteiger partial charge in [0.1, 0.15) is 0 Å². The summed E-state index contributed by atoms with van der Waals surface area (Å²) in [5, 5.41) is 9.58. The Morgan fingerprint density at radius 2 is 1.50 bits per heavy atom. The SMILES string of the molecule is CCCCC1CCC(C2CCC(C(C)c3ccccc3C3(CCC)CCC(C(=O)O)CC3)CC2)CC1. The number of hydrogen-bond acceptors (Lipinski definition) is 1. The van der Waals surface area contributed by atoms with Gasteiger partial charge < -0.3 is 5.11 Å². The molecule has 4 rings (SSSR count). The van der Waals surface area contributed by atoms with Gasteiger partial charge in [-0.2, -0.15) is 0 Å². The average molecular weight is 495 g/mol. The number of rotatable bonds is 10. The number of hydrogen-bond donors (Lipinski definition) is 1. The fraction of sp³-hybridized carbons (Fsp3) is 0.794. The summed E-state index contributed by atoms with van der Waals surface area (Å²) in [5.74, 6) is 3.69. The summed E-state index contributed by atoms with van der Waals surface area (Å²) in [6.07, 6.45) is 22.1. The van der Waals surface area contributed by atoms with Gasteiger partial charge in [-0.3, -0.25) is 4.79 Å². The Kier molecular flexibility index (Phi) is 9.98. The molecule has 1 aromatic carbocycles. The molecule has 0 saturated heterocycles. The van der Waals surface area contributed by atoms with Crippen LogP contribution in [0.4, 0.5) is 0 Å². The average Bonchev–Trinajstić information content (AvgIpc) is 2.92. The largest absolute Gasteiger partial charge is 0.481 e. The second kappa shape index (κ2) is 13.0. The number of carbonyl (C=O) groups is 1. The molecule has 0 spiro atoms. The standard InChI is InChI=1S/C34H54O2/c1-4-6-9-26-12-14-28(15-13-26)29-18-16-27(17-19-29)25(3)31-10-7-8-11-32(31)34(22-5-2)23-20-30(21-24-34)33(35)36/h7-8,10-11,25-30H,4-6,9,12-24H2,1-3H3,(H,35,36). The predicted molar refractivity (Wildman–Crippen MR) is 151 cm³/mol. The summed E-state index contributed by atoms with van der Waals surface area (Å²) in [6.45, 7) is 7.14. The molecular weight excluding hydrogens is 440 g/mol. The predicted octanol–water partition coefficient (Wildman–Crippen LogP) is 9.91. The first-order chi connectivity index (χ1) is 17.5. The maximum absolute atomic E-state index is 11.6. The van der Waals surface area contributed by atoms with E-state index in [-0.39, 0.29) is 11.3 Å². The lowest BCUT2D eigenvalue weighted by Crippen LogP contribution is -2.35. The molecule has 202 valence electrons. The zero-order valence-corrected chi connectivity index (χ0v) is 23.6. The quantitative estimate of drug-likeness (QED) is 0.351. The van der Waals surface area contributed by atoms with Crippen LogP contribution < -0.4 is 0 Å². The maximum atomic E-state index is 11.6. The van der Waals surface area contributed by atoms with Crippen molar-refractivity contribution in [3.63, 3.8) is 0 Å². The third-order valence-corrected chi connectivity index (χ3v) is 11.1. The summed E-state index contributed by atoms with van der Waals surface area (Å²) in [4.78, 5) is 11.6. The van der Waals surface area contributed by atoms with Gasteiger partial charge in [-0.25, -0.2) is 0 Å². The number of carboxylic acids is 1. The van der Waals surface area contributed by atoms with Gasteiger partial charge >= 0.3 is 5.97 Å². The van der Waals surface area contributed by atoms with Gasteiger partial charge in [-0.1, -0.05) is 83.6 Å². The smallest absolute Gasteiger partial charge is 0.306 e. The van der Waals surface area contributed by atoms with Gasteiger partial charge in [0.25, 0.3) is 0 Å². The van der Waals surface area contributed by atoms with Crippen molar-refractivity contribution in [1.29, 1.82) is 0 Å². The molecule has 2 heteroatoms. The lowest BCUT2D eigenvalue weighted by Gasteiger charge is -2.43. The molecular formula is C34H54O2. The van der Waals surface area contributed by atoms with Crippen molar-refractivity contribution in [2.24, 2.45) is 29.6 Å². The molecule has 3 aliphatic rings. The van der Waals surface area contributed by atoms with Crippen LogP contribution in [0.5, 0.6) is 0 Å². The van der Waals surface area contributed by atoms with Crippen LogP contribution in [0.25, 0.3) is 0 Å². The topological polar surface area (TPSA) is 37.3 Å². The van der Waals surface area contributed by atoms with Crippen molar-refractivity contribution >= 4 is 5.97 Å². The van der Waals surface area contributed by atoms with Crippen LogP contribution in [0.3, 0.4) is 0 Å². The fourth-order valence-electron chi connectivity index (χ4n) is 8.74. The minimum atomic E-state index is -0.590. The first-order valence-corrected chi connectivity index (χ1v) is 15.8. The fourth-order valence-corrected chi connectivity index (χ4v) is 8.74. The van der Waals surface area contributed by atoms with E-state index in [1.807, 2.05) is 0 Å². The normalized spacial score (nSPS) is 34.2. The molecule has 1 atom stereocenters. The van der Waals surface area contributed by atoms with Crippen molar-refractivity contribution < 1.29 is 9.90 Å². The van der Waals surface area contributed by atoms with E-state index in [0.717, 1.165) is 49.4 Å². The summed E-state index contributed by atoms with van der Waals surface area (Å²) in [6, 6.07) is 9.32. The second-order valence-corrected chi connectivity index (χ2v) is 13.1. The number of unbranched alkanes of at least 4 members (excludes halogenated alkanes) is 1. The number of carboxylic acid groups (broad SMARTS) is 1. The summed E-state index contributed by atoms with van der Waals surface area (Å²) < 4.78 is 0. The Bertz CT molecular complexity index is 804. The molecule has 1 N–H and O–H groups in total. The Labute approximate surface area is 222 Å². The molecule has 36 heavy (non-hydrogen) atoms. The minimum absolute atomic E-state index is 0.142. The molecule has 1 unspecified atom stereocenters. The van der Waals surface area contributed by atoms with E-state index in [4.69, 9.17) is 0 Å². The highest BCUT2D eigenvalue weighted by Gasteiger charge is 2.41. The van der Waals surface area contributed by atoms with E-state index in [1.165, 1.54) is 83.5 Å². The van der Waals surface area contributed by atoms with Crippen LogP contribution in [0.15, 0.2) is 24.3 Å². The highest BCUT2D eigenvalue weighted by atomic mass is 16.4. The maximum Gasteiger partial charge on any atom is 0.306 e. The lowest BCUT2D eigenvalue weighted by molar-refractivity contribution is -0.143. The van der Waals surface area contributed by atoms with Gasteiger partial charge in [0.15, 0.2) is 0 Å². The van der Waals surface area contributed by atoms with E-state index in [1.54, 1.807) is 11.1 Å². The van der Waals surface area contributed by atoms with E-state index < -0.39 is 5.97 Å². The van der Waals surface area contributed by atoms with Crippen molar-refractivity contribution in [3.8, 4) is 0 Å².